The Labute approximate surface area is 163 Å². The summed E-state index contributed by atoms with van der Waals surface area (Å²) >= 11 is 0. The fourth-order valence-electron chi connectivity index (χ4n) is 3.83. The highest BCUT2D eigenvalue weighted by molar-refractivity contribution is 6.00. The van der Waals surface area contributed by atoms with Gasteiger partial charge < -0.3 is 15.0 Å². The van der Waals surface area contributed by atoms with Crippen molar-refractivity contribution in [1.82, 2.24) is 5.32 Å². The second kappa shape index (κ2) is 7.26. The number of anilines is 1. The van der Waals surface area contributed by atoms with Gasteiger partial charge in [0.25, 0.3) is 0 Å². The SMILES string of the molecule is COc1cccc(N2C[C@@H](C(=O)NCC3(c4ccc(F)cc4)CC3)CC2=O)c1. The van der Waals surface area contributed by atoms with Gasteiger partial charge in [-0.15, -0.1) is 0 Å². The number of nitrogens with zero attached hydrogens (tertiary/aromatic N) is 1. The van der Waals surface area contributed by atoms with Crippen LogP contribution in [0.15, 0.2) is 48.5 Å². The van der Waals surface area contributed by atoms with Gasteiger partial charge in [-0.05, 0) is 42.7 Å². The van der Waals surface area contributed by atoms with Gasteiger partial charge in [-0.2, -0.15) is 0 Å². The van der Waals surface area contributed by atoms with Crippen molar-refractivity contribution in [2.24, 2.45) is 5.92 Å². The number of methoxy groups -OCH3 is 1. The summed E-state index contributed by atoms with van der Waals surface area (Å²) in [6.07, 6.45) is 2.14. The molecule has 0 radical (unpaired) electrons. The molecule has 2 aromatic rings. The molecule has 1 saturated heterocycles. The summed E-state index contributed by atoms with van der Waals surface area (Å²) in [5, 5.41) is 3.02. The Hall–Kier alpha value is -2.89. The summed E-state index contributed by atoms with van der Waals surface area (Å²) < 4.78 is 18.4. The zero-order valence-corrected chi connectivity index (χ0v) is 15.8. The molecular weight excluding hydrogens is 359 g/mol. The van der Waals surface area contributed by atoms with Crippen LogP contribution in [0.5, 0.6) is 5.75 Å². The van der Waals surface area contributed by atoms with Crippen molar-refractivity contribution in [1.29, 1.82) is 0 Å². The largest absolute Gasteiger partial charge is 0.497 e. The molecule has 0 unspecified atom stereocenters. The molecule has 1 N–H and O–H groups in total. The van der Waals surface area contributed by atoms with Gasteiger partial charge in [0.1, 0.15) is 11.6 Å². The van der Waals surface area contributed by atoms with Gasteiger partial charge >= 0.3 is 0 Å². The lowest BCUT2D eigenvalue weighted by atomic mass is 9.95. The van der Waals surface area contributed by atoms with Gasteiger partial charge in [0.2, 0.25) is 11.8 Å². The summed E-state index contributed by atoms with van der Waals surface area (Å²) in [4.78, 5) is 26.7. The first-order valence-corrected chi connectivity index (χ1v) is 9.49. The van der Waals surface area contributed by atoms with E-state index in [2.05, 4.69) is 5.32 Å². The summed E-state index contributed by atoms with van der Waals surface area (Å²) in [7, 11) is 1.58. The van der Waals surface area contributed by atoms with Crippen molar-refractivity contribution in [2.45, 2.75) is 24.7 Å². The number of benzene rings is 2. The molecule has 5 nitrogen and oxygen atoms in total. The Morgan fingerprint density at radius 3 is 2.68 bits per heavy atom. The maximum atomic E-state index is 13.2. The molecule has 1 aliphatic heterocycles. The fourth-order valence-corrected chi connectivity index (χ4v) is 3.83. The number of hydrogen-bond acceptors (Lipinski definition) is 3. The van der Waals surface area contributed by atoms with Crippen LogP contribution in [0.2, 0.25) is 0 Å². The molecule has 4 rings (SSSR count). The van der Waals surface area contributed by atoms with Crippen LogP contribution in [-0.4, -0.2) is 32.0 Å². The second-order valence-electron chi connectivity index (χ2n) is 7.61. The molecule has 146 valence electrons. The third-order valence-electron chi connectivity index (χ3n) is 5.77. The Kier molecular flexibility index (Phi) is 4.79. The van der Waals surface area contributed by atoms with Crippen molar-refractivity contribution in [2.75, 3.05) is 25.1 Å². The first-order valence-electron chi connectivity index (χ1n) is 9.49. The number of halogens is 1. The minimum absolute atomic E-state index is 0.0620. The van der Waals surface area contributed by atoms with E-state index in [0.717, 1.165) is 24.1 Å². The maximum absolute atomic E-state index is 13.2. The summed E-state index contributed by atoms with van der Waals surface area (Å²) in [5.74, 6) is -0.123. The zero-order chi connectivity index (χ0) is 19.7. The van der Waals surface area contributed by atoms with Crippen LogP contribution in [0.1, 0.15) is 24.8 Å². The smallest absolute Gasteiger partial charge is 0.227 e. The van der Waals surface area contributed by atoms with Crippen LogP contribution < -0.4 is 15.0 Å². The molecular formula is C22H23FN2O3. The molecule has 0 bridgehead atoms. The lowest BCUT2D eigenvalue weighted by Crippen LogP contribution is -2.37. The normalized spacial score (nSPS) is 20.1. The maximum Gasteiger partial charge on any atom is 0.227 e. The number of ether oxygens (including phenoxy) is 1. The molecule has 6 heteroatoms. The monoisotopic (exact) mass is 382 g/mol. The number of carbonyl (C=O) groups excluding carboxylic acids is 2. The van der Waals surface area contributed by atoms with Crippen LogP contribution in [-0.2, 0) is 15.0 Å². The second-order valence-corrected chi connectivity index (χ2v) is 7.61. The first-order chi connectivity index (χ1) is 13.5. The molecule has 2 aromatic carbocycles. The van der Waals surface area contributed by atoms with E-state index >= 15 is 0 Å². The summed E-state index contributed by atoms with van der Waals surface area (Å²) in [5.41, 5.74) is 1.69. The average Bonchev–Trinajstić information content (AvgIpc) is 3.41. The molecule has 2 amide bonds. The van der Waals surface area contributed by atoms with Gasteiger partial charge in [0.15, 0.2) is 0 Å². The van der Waals surface area contributed by atoms with Crippen LogP contribution in [0, 0.1) is 11.7 Å². The Morgan fingerprint density at radius 2 is 2.00 bits per heavy atom. The molecule has 1 atom stereocenters. The van der Waals surface area contributed by atoms with Crippen molar-refractivity contribution in [3.05, 3.63) is 59.9 Å². The minimum atomic E-state index is -0.372. The van der Waals surface area contributed by atoms with E-state index in [1.54, 1.807) is 30.2 Å². The molecule has 0 aromatic heterocycles. The van der Waals surface area contributed by atoms with Crippen molar-refractivity contribution in [3.63, 3.8) is 0 Å². The van der Waals surface area contributed by atoms with E-state index in [0.29, 0.717) is 18.8 Å². The van der Waals surface area contributed by atoms with Crippen LogP contribution in [0.25, 0.3) is 0 Å². The molecule has 0 spiro atoms. The highest BCUT2D eigenvalue weighted by Gasteiger charge is 2.45. The predicted molar refractivity (Wildman–Crippen MR) is 104 cm³/mol. The minimum Gasteiger partial charge on any atom is -0.497 e. The van der Waals surface area contributed by atoms with Gasteiger partial charge in [-0.25, -0.2) is 4.39 Å². The predicted octanol–water partition coefficient (Wildman–Crippen LogP) is 3.04. The zero-order valence-electron chi connectivity index (χ0n) is 15.8. The number of rotatable bonds is 6. The Morgan fingerprint density at radius 1 is 1.25 bits per heavy atom. The van der Waals surface area contributed by atoms with E-state index in [4.69, 9.17) is 4.74 Å². The lowest BCUT2D eigenvalue weighted by molar-refractivity contribution is -0.126. The number of carbonyl (C=O) groups is 2. The van der Waals surface area contributed by atoms with Gasteiger partial charge in [0, 0.05) is 36.7 Å². The molecule has 1 saturated carbocycles. The molecule has 1 aliphatic carbocycles. The molecule has 28 heavy (non-hydrogen) atoms. The van der Waals surface area contributed by atoms with Crippen LogP contribution in [0.3, 0.4) is 0 Å². The van der Waals surface area contributed by atoms with E-state index < -0.39 is 0 Å². The molecule has 1 heterocycles. The van der Waals surface area contributed by atoms with Gasteiger partial charge in [-0.1, -0.05) is 18.2 Å². The Bertz CT molecular complexity index is 893. The Balaban J connectivity index is 1.38. The van der Waals surface area contributed by atoms with Gasteiger partial charge in [0.05, 0.1) is 13.0 Å². The summed E-state index contributed by atoms with van der Waals surface area (Å²) in [6, 6.07) is 13.8. The number of amides is 2. The standard InChI is InChI=1S/C22H23FN2O3/c1-28-19-4-2-3-18(12-19)25-13-15(11-20(25)26)21(27)24-14-22(9-10-22)16-5-7-17(23)8-6-16/h2-8,12,15H,9-11,13-14H2,1H3,(H,24,27)/t15-/m0/s1. The fraction of sp³-hybridized carbons (Fsp3) is 0.364. The van der Waals surface area contributed by atoms with Gasteiger partial charge in [-0.3, -0.25) is 9.59 Å². The van der Waals surface area contributed by atoms with Crippen molar-refractivity contribution < 1.29 is 18.7 Å². The van der Waals surface area contributed by atoms with E-state index in [9.17, 15) is 14.0 Å². The quantitative estimate of drug-likeness (QED) is 0.836. The average molecular weight is 382 g/mol. The first kappa shape index (κ1) is 18.5. The van der Waals surface area contributed by atoms with E-state index in [-0.39, 0.29) is 35.4 Å². The van der Waals surface area contributed by atoms with Crippen LogP contribution in [0.4, 0.5) is 10.1 Å². The number of nitrogens with one attached hydrogen (secondary N) is 1. The van der Waals surface area contributed by atoms with Crippen molar-refractivity contribution in [3.8, 4) is 5.75 Å². The summed E-state index contributed by atoms with van der Waals surface area (Å²) in [6.45, 7) is 0.878. The van der Waals surface area contributed by atoms with Crippen molar-refractivity contribution >= 4 is 17.5 Å². The highest BCUT2D eigenvalue weighted by Crippen LogP contribution is 2.47. The van der Waals surface area contributed by atoms with E-state index in [1.165, 1.54) is 12.1 Å². The number of hydrogen-bond donors (Lipinski definition) is 1. The third-order valence-corrected chi connectivity index (χ3v) is 5.77. The highest BCUT2D eigenvalue weighted by atomic mass is 19.1. The third kappa shape index (κ3) is 3.59. The topological polar surface area (TPSA) is 58.6 Å². The van der Waals surface area contributed by atoms with Crippen LogP contribution >= 0.6 is 0 Å². The molecule has 2 fully saturated rings. The van der Waals surface area contributed by atoms with E-state index in [1.807, 2.05) is 18.2 Å². The lowest BCUT2D eigenvalue weighted by Gasteiger charge is -2.19. The molecule has 2 aliphatic rings.